The molecular weight excluding hydrogens is 414 g/mol. The van der Waals surface area contributed by atoms with Crippen LogP contribution in [-0.2, 0) is 17.9 Å². The van der Waals surface area contributed by atoms with Gasteiger partial charge in [-0.15, -0.1) is 0 Å². The molecule has 0 saturated heterocycles. The second kappa shape index (κ2) is 10.4. The maximum atomic E-state index is 11.7. The Morgan fingerprint density at radius 3 is 1.88 bits per heavy atom. The largest absolute Gasteiger partial charge is 0.478 e. The summed E-state index contributed by atoms with van der Waals surface area (Å²) in [6.07, 6.45) is 0. The van der Waals surface area contributed by atoms with Gasteiger partial charge in [0.15, 0.2) is 0 Å². The fourth-order valence-electron chi connectivity index (χ4n) is 3.78. The minimum absolute atomic E-state index is 0.281. The van der Waals surface area contributed by atoms with Gasteiger partial charge in [-0.2, -0.15) is 0 Å². The van der Waals surface area contributed by atoms with E-state index in [4.69, 9.17) is 4.74 Å². The molecule has 0 aromatic heterocycles. The van der Waals surface area contributed by atoms with Gasteiger partial charge in [0.1, 0.15) is 5.75 Å². The highest BCUT2D eigenvalue weighted by Gasteiger charge is 2.13. The second-order valence-corrected chi connectivity index (χ2v) is 7.57. The minimum Gasteiger partial charge on any atom is -0.478 e. The van der Waals surface area contributed by atoms with Crippen LogP contribution in [0.25, 0.3) is 22.3 Å². The average molecular weight is 437 g/mol. The van der Waals surface area contributed by atoms with Crippen LogP contribution in [-0.4, -0.2) is 17.5 Å². The molecule has 164 valence electrons. The molecule has 0 aliphatic heterocycles. The highest BCUT2D eigenvalue weighted by molar-refractivity contribution is 5.96. The molecule has 0 unspecified atom stereocenters. The van der Waals surface area contributed by atoms with Gasteiger partial charge in [-0.05, 0) is 52.1 Å². The van der Waals surface area contributed by atoms with E-state index in [-0.39, 0.29) is 5.56 Å². The topological polar surface area (TPSA) is 75.6 Å². The monoisotopic (exact) mass is 437 g/mol. The Morgan fingerprint density at radius 1 is 0.758 bits per heavy atom. The van der Waals surface area contributed by atoms with E-state index in [1.807, 2.05) is 84.9 Å². The van der Waals surface area contributed by atoms with Crippen LogP contribution >= 0.6 is 0 Å². The van der Waals surface area contributed by atoms with Crippen LogP contribution in [0.5, 0.6) is 5.75 Å². The van der Waals surface area contributed by atoms with Gasteiger partial charge < -0.3 is 15.2 Å². The average Bonchev–Trinajstić information content (AvgIpc) is 2.86. The molecule has 4 aromatic rings. The lowest BCUT2D eigenvalue weighted by Gasteiger charge is -2.12. The summed E-state index contributed by atoms with van der Waals surface area (Å²) < 4.78 is 5.16. The normalized spacial score (nSPS) is 10.5. The zero-order chi connectivity index (χ0) is 23.0. The molecule has 5 heteroatoms. The lowest BCUT2D eigenvalue weighted by Crippen LogP contribution is -2.13. The molecule has 0 aliphatic rings. The van der Waals surface area contributed by atoms with Crippen LogP contribution in [0, 0.1) is 0 Å². The maximum Gasteiger partial charge on any atom is 0.336 e. The van der Waals surface area contributed by atoms with Crippen molar-refractivity contribution >= 4 is 12.4 Å². The number of benzene rings is 4. The first kappa shape index (κ1) is 22.0. The van der Waals surface area contributed by atoms with Crippen molar-refractivity contribution in [3.8, 4) is 28.0 Å². The smallest absolute Gasteiger partial charge is 0.336 e. The summed E-state index contributed by atoms with van der Waals surface area (Å²) in [7, 11) is 0. The van der Waals surface area contributed by atoms with Crippen molar-refractivity contribution in [2.45, 2.75) is 13.1 Å². The third-order valence-electron chi connectivity index (χ3n) is 5.36. The summed E-state index contributed by atoms with van der Waals surface area (Å²) in [4.78, 5) is 22.6. The Kier molecular flexibility index (Phi) is 6.93. The van der Waals surface area contributed by atoms with E-state index in [2.05, 4.69) is 5.32 Å². The number of hydrogen-bond donors (Lipinski definition) is 2. The fourth-order valence-corrected chi connectivity index (χ4v) is 3.78. The number of hydrogen-bond acceptors (Lipinski definition) is 4. The first-order valence-electron chi connectivity index (χ1n) is 10.6. The predicted octanol–water partition coefficient (Wildman–Crippen LogP) is 5.54. The third-order valence-corrected chi connectivity index (χ3v) is 5.36. The van der Waals surface area contributed by atoms with Gasteiger partial charge in [-0.3, -0.25) is 4.79 Å². The number of aromatic carboxylic acids is 1. The predicted molar refractivity (Wildman–Crippen MR) is 128 cm³/mol. The Bertz CT molecular complexity index is 1250. The molecule has 5 nitrogen and oxygen atoms in total. The molecule has 0 heterocycles. The van der Waals surface area contributed by atoms with Crippen molar-refractivity contribution in [1.82, 2.24) is 5.32 Å². The summed E-state index contributed by atoms with van der Waals surface area (Å²) >= 11 is 0. The summed E-state index contributed by atoms with van der Waals surface area (Å²) in [5.74, 6) is -0.434. The van der Waals surface area contributed by atoms with Crippen LogP contribution in [0.2, 0.25) is 0 Å². The Labute approximate surface area is 192 Å². The van der Waals surface area contributed by atoms with Crippen molar-refractivity contribution in [3.05, 3.63) is 114 Å². The molecule has 2 N–H and O–H groups in total. The molecule has 0 bridgehead atoms. The van der Waals surface area contributed by atoms with Crippen molar-refractivity contribution < 1.29 is 19.4 Å². The summed E-state index contributed by atoms with van der Waals surface area (Å²) in [5.41, 5.74) is 5.69. The van der Waals surface area contributed by atoms with E-state index < -0.39 is 5.97 Å². The van der Waals surface area contributed by atoms with Gasteiger partial charge in [-0.25, -0.2) is 4.79 Å². The van der Waals surface area contributed by atoms with E-state index in [0.29, 0.717) is 30.9 Å². The van der Waals surface area contributed by atoms with Crippen molar-refractivity contribution in [1.29, 1.82) is 0 Å². The molecule has 0 amide bonds. The Balaban J connectivity index is 1.52. The zero-order valence-electron chi connectivity index (χ0n) is 17.9. The third kappa shape index (κ3) is 5.34. The second-order valence-electron chi connectivity index (χ2n) is 7.57. The zero-order valence-corrected chi connectivity index (χ0v) is 17.9. The molecule has 0 atom stereocenters. The van der Waals surface area contributed by atoms with Crippen LogP contribution in [0.15, 0.2) is 97.1 Å². The number of carboxylic acids is 1. The van der Waals surface area contributed by atoms with E-state index >= 15 is 0 Å². The first-order chi connectivity index (χ1) is 16.2. The standard InChI is InChI=1S/C28H23NO4/c30-19-33-27-14-12-21(16-26(27)23-9-5-2-6-10-23)18-29-17-20-11-13-24(28(31)32)25(15-20)22-7-3-1-4-8-22/h1-16,19,29H,17-18H2,(H,31,32). The number of rotatable bonds is 9. The SMILES string of the molecule is O=COc1ccc(CNCc2ccc(C(=O)O)c(-c3ccccc3)c2)cc1-c1ccccc1. The molecule has 4 aromatic carbocycles. The molecule has 33 heavy (non-hydrogen) atoms. The van der Waals surface area contributed by atoms with Gasteiger partial charge in [0.05, 0.1) is 5.56 Å². The van der Waals surface area contributed by atoms with E-state index in [1.54, 1.807) is 12.1 Å². The van der Waals surface area contributed by atoms with Gasteiger partial charge in [0, 0.05) is 18.7 Å². The number of carbonyl (C=O) groups is 2. The molecule has 0 saturated carbocycles. The minimum atomic E-state index is -0.945. The quantitative estimate of drug-likeness (QED) is 0.336. The fraction of sp³-hybridized carbons (Fsp3) is 0.0714. The lowest BCUT2D eigenvalue weighted by molar-refractivity contribution is -0.120. The molecule has 0 aliphatic carbocycles. The number of carbonyl (C=O) groups excluding carboxylic acids is 1. The maximum absolute atomic E-state index is 11.7. The van der Waals surface area contributed by atoms with Gasteiger partial charge >= 0.3 is 5.97 Å². The number of carboxylic acid groups (broad SMARTS) is 1. The van der Waals surface area contributed by atoms with Crippen LogP contribution in [0.3, 0.4) is 0 Å². The highest BCUT2D eigenvalue weighted by atomic mass is 16.5. The van der Waals surface area contributed by atoms with E-state index in [0.717, 1.165) is 27.8 Å². The van der Waals surface area contributed by atoms with Crippen LogP contribution in [0.1, 0.15) is 21.5 Å². The molecular formula is C28H23NO4. The number of nitrogens with one attached hydrogen (secondary N) is 1. The van der Waals surface area contributed by atoms with Gasteiger partial charge in [-0.1, -0.05) is 72.8 Å². The first-order valence-corrected chi connectivity index (χ1v) is 10.6. The van der Waals surface area contributed by atoms with Crippen molar-refractivity contribution in [2.75, 3.05) is 0 Å². The summed E-state index contributed by atoms with van der Waals surface area (Å²) in [5, 5.41) is 13.0. The summed E-state index contributed by atoms with van der Waals surface area (Å²) in [6.45, 7) is 1.61. The molecule has 4 rings (SSSR count). The summed E-state index contributed by atoms with van der Waals surface area (Å²) in [6, 6.07) is 30.4. The van der Waals surface area contributed by atoms with E-state index in [1.165, 1.54) is 0 Å². The van der Waals surface area contributed by atoms with Crippen molar-refractivity contribution in [3.63, 3.8) is 0 Å². The lowest BCUT2D eigenvalue weighted by atomic mass is 9.97. The Hall–Kier alpha value is -4.22. The Morgan fingerprint density at radius 2 is 1.30 bits per heavy atom. The number of ether oxygens (including phenoxy) is 1. The van der Waals surface area contributed by atoms with Crippen LogP contribution in [0.4, 0.5) is 0 Å². The van der Waals surface area contributed by atoms with Crippen molar-refractivity contribution in [2.24, 2.45) is 0 Å². The van der Waals surface area contributed by atoms with Crippen LogP contribution < -0.4 is 10.1 Å². The van der Waals surface area contributed by atoms with E-state index in [9.17, 15) is 14.7 Å². The van der Waals surface area contributed by atoms with Gasteiger partial charge in [0.2, 0.25) is 0 Å². The van der Waals surface area contributed by atoms with Gasteiger partial charge in [0.25, 0.3) is 6.47 Å². The molecule has 0 radical (unpaired) electrons. The highest BCUT2D eigenvalue weighted by Crippen LogP contribution is 2.31. The molecule has 0 fully saturated rings. The molecule has 0 spiro atoms.